The van der Waals surface area contributed by atoms with Crippen molar-refractivity contribution in [3.8, 4) is 16.5 Å². The average Bonchev–Trinajstić information content (AvgIpc) is 3.20. The number of nitriles is 1. The van der Waals surface area contributed by atoms with Crippen LogP contribution in [0.2, 0.25) is 5.02 Å². The van der Waals surface area contributed by atoms with Crippen LogP contribution in [0, 0.1) is 17.1 Å². The van der Waals surface area contributed by atoms with E-state index >= 15 is 0 Å². The molecule has 1 aliphatic rings. The van der Waals surface area contributed by atoms with Gasteiger partial charge in [0.05, 0.1) is 5.56 Å². The summed E-state index contributed by atoms with van der Waals surface area (Å²) in [6.07, 6.45) is 4.11. The quantitative estimate of drug-likeness (QED) is 0.448. The molecule has 0 amide bonds. The minimum Gasteiger partial charge on any atom is -0.245 e. The fraction of sp³-hybridized carbons (Fsp3) is 0.238. The molecule has 4 rings (SSSR count). The van der Waals surface area contributed by atoms with Crippen molar-refractivity contribution in [2.75, 3.05) is 0 Å². The van der Waals surface area contributed by atoms with Gasteiger partial charge in [-0.25, -0.2) is 9.37 Å². The highest BCUT2D eigenvalue weighted by Crippen LogP contribution is 2.40. The average molecular weight is 415 g/mol. The van der Waals surface area contributed by atoms with Crippen molar-refractivity contribution in [2.24, 2.45) is 0 Å². The molecule has 0 fully saturated rings. The summed E-state index contributed by atoms with van der Waals surface area (Å²) in [5, 5.41) is 13.0. The van der Waals surface area contributed by atoms with E-state index in [2.05, 4.69) is 12.1 Å². The zero-order valence-corrected chi connectivity index (χ0v) is 16.9. The summed E-state index contributed by atoms with van der Waals surface area (Å²) in [6, 6.07) is 11.1. The zero-order valence-electron chi connectivity index (χ0n) is 14.5. The lowest BCUT2D eigenvalue weighted by molar-refractivity contribution is 0.617. The third kappa shape index (κ3) is 3.62. The van der Waals surface area contributed by atoms with E-state index in [-0.39, 0.29) is 5.82 Å². The van der Waals surface area contributed by atoms with Crippen molar-refractivity contribution in [1.82, 2.24) is 4.98 Å². The number of pyridine rings is 1. The highest BCUT2D eigenvalue weighted by Gasteiger charge is 2.24. The summed E-state index contributed by atoms with van der Waals surface area (Å²) < 4.78 is 14.1. The van der Waals surface area contributed by atoms with Gasteiger partial charge in [-0.15, -0.1) is 23.1 Å². The van der Waals surface area contributed by atoms with E-state index in [0.29, 0.717) is 26.9 Å². The number of thioether (sulfide) groups is 1. The van der Waals surface area contributed by atoms with E-state index in [4.69, 9.17) is 16.6 Å². The molecule has 0 atom stereocenters. The van der Waals surface area contributed by atoms with Gasteiger partial charge < -0.3 is 0 Å². The number of rotatable bonds is 4. The van der Waals surface area contributed by atoms with Crippen LogP contribution >= 0.6 is 34.7 Å². The van der Waals surface area contributed by atoms with Gasteiger partial charge in [-0.1, -0.05) is 23.7 Å². The van der Waals surface area contributed by atoms with Crippen molar-refractivity contribution < 1.29 is 4.39 Å². The van der Waals surface area contributed by atoms with Gasteiger partial charge in [-0.2, -0.15) is 5.26 Å². The van der Waals surface area contributed by atoms with Crippen LogP contribution in [0.5, 0.6) is 0 Å². The van der Waals surface area contributed by atoms with E-state index in [1.807, 2.05) is 11.4 Å². The summed E-state index contributed by atoms with van der Waals surface area (Å²) in [5.41, 5.74) is 4.33. The van der Waals surface area contributed by atoms with Crippen LogP contribution in [0.15, 0.2) is 40.7 Å². The number of aromatic nitrogens is 1. The van der Waals surface area contributed by atoms with E-state index in [9.17, 15) is 9.65 Å². The maximum absolute atomic E-state index is 14.1. The molecule has 0 aliphatic heterocycles. The van der Waals surface area contributed by atoms with Gasteiger partial charge in [0, 0.05) is 32.5 Å². The molecular formula is C21H16ClFN2S2. The minimum atomic E-state index is -0.329. The number of halogens is 2. The van der Waals surface area contributed by atoms with Crippen molar-refractivity contribution in [3.63, 3.8) is 0 Å². The second kappa shape index (κ2) is 8.02. The summed E-state index contributed by atoms with van der Waals surface area (Å²) in [5.74, 6) is 0.0144. The Hall–Kier alpha value is -1.87. The fourth-order valence-corrected chi connectivity index (χ4v) is 5.58. The Morgan fingerprint density at radius 2 is 2.07 bits per heavy atom. The van der Waals surface area contributed by atoms with E-state index < -0.39 is 0 Å². The lowest BCUT2D eigenvalue weighted by atomic mass is 9.89. The van der Waals surface area contributed by atoms with Crippen LogP contribution < -0.4 is 0 Å². The van der Waals surface area contributed by atoms with Crippen molar-refractivity contribution in [3.05, 3.63) is 68.9 Å². The number of nitrogens with zero attached hydrogens (tertiary/aromatic N) is 2. The molecule has 136 valence electrons. The monoisotopic (exact) mass is 414 g/mol. The van der Waals surface area contributed by atoms with Gasteiger partial charge in [-0.05, 0) is 54.8 Å². The highest BCUT2D eigenvalue weighted by molar-refractivity contribution is 7.98. The standard InChI is InChI=1S/C21H16ClFN2S2/c22-16-6-3-7-17(23)15(16)12-27-21-14(11-24)20(19-9-4-10-26-19)13-5-1-2-8-18(13)25-21/h3-4,6-7,9-10H,1-2,5,8,12H2. The Morgan fingerprint density at radius 1 is 1.22 bits per heavy atom. The van der Waals surface area contributed by atoms with Crippen LogP contribution in [0.3, 0.4) is 0 Å². The van der Waals surface area contributed by atoms with E-state index in [0.717, 1.165) is 41.8 Å². The van der Waals surface area contributed by atoms with Gasteiger partial charge in [-0.3, -0.25) is 0 Å². The first-order valence-corrected chi connectivity index (χ1v) is 11.0. The van der Waals surface area contributed by atoms with Crippen molar-refractivity contribution in [1.29, 1.82) is 5.26 Å². The molecule has 2 heterocycles. The lowest BCUT2D eigenvalue weighted by Gasteiger charge is -2.21. The van der Waals surface area contributed by atoms with Gasteiger partial charge in [0.25, 0.3) is 0 Å². The second-order valence-electron chi connectivity index (χ2n) is 6.38. The second-order valence-corrected chi connectivity index (χ2v) is 8.70. The maximum atomic E-state index is 14.1. The Labute approximate surface area is 171 Å². The Balaban J connectivity index is 1.79. The first-order valence-electron chi connectivity index (χ1n) is 8.74. The summed E-state index contributed by atoms with van der Waals surface area (Å²) in [7, 11) is 0. The zero-order chi connectivity index (χ0) is 18.8. The molecule has 2 aromatic heterocycles. The number of hydrogen-bond donors (Lipinski definition) is 0. The molecule has 27 heavy (non-hydrogen) atoms. The molecule has 3 aromatic rings. The molecule has 0 saturated heterocycles. The Bertz CT molecular complexity index is 1010. The number of benzene rings is 1. The maximum Gasteiger partial charge on any atom is 0.128 e. The third-order valence-corrected chi connectivity index (χ3v) is 6.98. The van der Waals surface area contributed by atoms with E-state index in [1.54, 1.807) is 23.5 Å². The van der Waals surface area contributed by atoms with Gasteiger partial charge in [0.2, 0.25) is 0 Å². The molecule has 6 heteroatoms. The predicted molar refractivity (Wildman–Crippen MR) is 110 cm³/mol. The molecule has 0 N–H and O–H groups in total. The molecule has 0 saturated carbocycles. The van der Waals surface area contributed by atoms with Crippen molar-refractivity contribution in [2.45, 2.75) is 36.5 Å². The van der Waals surface area contributed by atoms with Gasteiger partial charge in [0.15, 0.2) is 0 Å². The van der Waals surface area contributed by atoms with Crippen LogP contribution in [0.1, 0.15) is 35.2 Å². The molecule has 1 aromatic carbocycles. The minimum absolute atomic E-state index is 0.329. The number of thiophene rings is 1. The smallest absolute Gasteiger partial charge is 0.128 e. The normalized spacial score (nSPS) is 13.2. The molecule has 0 unspecified atom stereocenters. The van der Waals surface area contributed by atoms with E-state index in [1.165, 1.54) is 23.4 Å². The molecule has 1 aliphatic carbocycles. The third-order valence-electron chi connectivity index (χ3n) is 4.74. The lowest BCUT2D eigenvalue weighted by Crippen LogP contribution is -2.10. The predicted octanol–water partition coefficient (Wildman–Crippen LogP) is 6.65. The first-order chi connectivity index (χ1) is 13.2. The molecule has 0 spiro atoms. The first kappa shape index (κ1) is 18.5. The molecule has 0 radical (unpaired) electrons. The Morgan fingerprint density at radius 3 is 2.81 bits per heavy atom. The van der Waals surface area contributed by atoms with Crippen LogP contribution in [-0.2, 0) is 18.6 Å². The largest absolute Gasteiger partial charge is 0.245 e. The van der Waals surface area contributed by atoms with Crippen LogP contribution in [0.25, 0.3) is 10.4 Å². The molecule has 2 nitrogen and oxygen atoms in total. The summed E-state index contributed by atoms with van der Waals surface area (Å²) >= 11 is 9.18. The van der Waals surface area contributed by atoms with Crippen LogP contribution in [0.4, 0.5) is 4.39 Å². The molecular weight excluding hydrogens is 399 g/mol. The van der Waals surface area contributed by atoms with Crippen LogP contribution in [-0.4, -0.2) is 4.98 Å². The van der Waals surface area contributed by atoms with Gasteiger partial charge in [0.1, 0.15) is 16.9 Å². The number of aryl methyl sites for hydroxylation is 1. The fourth-order valence-electron chi connectivity index (χ4n) is 3.43. The highest BCUT2D eigenvalue weighted by atomic mass is 35.5. The number of fused-ring (bicyclic) bond motifs is 1. The Kier molecular flexibility index (Phi) is 5.49. The van der Waals surface area contributed by atoms with Gasteiger partial charge >= 0.3 is 0 Å². The van der Waals surface area contributed by atoms with Crippen molar-refractivity contribution >= 4 is 34.7 Å². The summed E-state index contributed by atoms with van der Waals surface area (Å²) in [4.78, 5) is 5.90. The number of hydrogen-bond acceptors (Lipinski definition) is 4. The topological polar surface area (TPSA) is 36.7 Å². The molecule has 0 bridgehead atoms. The SMILES string of the molecule is N#Cc1c(SCc2c(F)cccc2Cl)nc2c(c1-c1cccs1)CCCC2. The summed E-state index contributed by atoms with van der Waals surface area (Å²) in [6.45, 7) is 0.